The standard InChI is InChI=1S/C51H38N2S/c1-5-15-37(6-2)52-46-26-23-35(33-16-9-7-10-17-33)29-49(46)54-50-30-36(24-27-47(50)52)34-22-25-45-41(28-34)42-31-40-39-20-13-14-21-43(39)51(3,4)44(40)32-48(42)53(45)38-18-11-8-12-19-38/h5-32H,1-2H2,3-4H3/b37-15+. The first-order chi connectivity index (χ1) is 26.4. The van der Waals surface area contributed by atoms with Gasteiger partial charge in [-0.25, -0.2) is 0 Å². The summed E-state index contributed by atoms with van der Waals surface area (Å²) in [5.41, 5.74) is 17.0. The molecule has 0 N–H and O–H groups in total. The van der Waals surface area contributed by atoms with E-state index in [9.17, 15) is 0 Å². The Balaban J connectivity index is 1.15. The first kappa shape index (κ1) is 32.4. The van der Waals surface area contributed by atoms with E-state index in [1.807, 2.05) is 30.0 Å². The fraction of sp³-hybridized carbons (Fsp3) is 0.0588. The minimum absolute atomic E-state index is 0.0786. The first-order valence-corrected chi connectivity index (χ1v) is 19.3. The zero-order chi connectivity index (χ0) is 36.6. The van der Waals surface area contributed by atoms with Gasteiger partial charge in [-0.05, 0) is 117 Å². The molecule has 258 valence electrons. The number of hydrogen-bond acceptors (Lipinski definition) is 2. The summed E-state index contributed by atoms with van der Waals surface area (Å²) >= 11 is 1.83. The molecule has 0 saturated carbocycles. The Labute approximate surface area is 321 Å². The lowest BCUT2D eigenvalue weighted by Gasteiger charge is -2.34. The largest absolute Gasteiger partial charge is 0.309 e. The molecule has 0 fully saturated rings. The Hall–Kier alpha value is -6.29. The number of para-hydroxylation sites is 1. The van der Waals surface area contributed by atoms with Gasteiger partial charge in [-0.15, -0.1) is 0 Å². The maximum absolute atomic E-state index is 4.18. The zero-order valence-corrected chi connectivity index (χ0v) is 31.2. The van der Waals surface area contributed by atoms with Crippen LogP contribution >= 0.6 is 11.8 Å². The number of aromatic nitrogens is 1. The molecule has 2 aliphatic rings. The van der Waals surface area contributed by atoms with E-state index in [0.717, 1.165) is 17.1 Å². The van der Waals surface area contributed by atoms with Crippen LogP contribution in [-0.2, 0) is 5.41 Å². The molecule has 0 spiro atoms. The SMILES string of the molecule is C=C/C=C(\C=C)N1c2ccc(-c3ccccc3)cc2Sc2cc(-c3ccc4c(c3)c3cc5c(cc3n4-c3ccccc3)C(C)(C)c3ccccc3-5)ccc21. The average molecular weight is 711 g/mol. The molecule has 10 rings (SSSR count). The topological polar surface area (TPSA) is 8.17 Å². The lowest BCUT2D eigenvalue weighted by Crippen LogP contribution is -2.19. The third kappa shape index (κ3) is 4.89. The maximum atomic E-state index is 4.18. The average Bonchev–Trinajstić information content (AvgIpc) is 3.65. The number of hydrogen-bond donors (Lipinski definition) is 0. The molecule has 0 saturated heterocycles. The highest BCUT2D eigenvalue weighted by atomic mass is 32.2. The van der Waals surface area contributed by atoms with Gasteiger partial charge in [0, 0.05) is 37.4 Å². The molecule has 2 nitrogen and oxygen atoms in total. The number of anilines is 2. The van der Waals surface area contributed by atoms with Crippen LogP contribution in [-0.4, -0.2) is 4.57 Å². The van der Waals surface area contributed by atoms with E-state index in [1.54, 1.807) is 0 Å². The second kappa shape index (κ2) is 12.4. The molecule has 8 aromatic rings. The van der Waals surface area contributed by atoms with Crippen molar-refractivity contribution in [3.63, 3.8) is 0 Å². The lowest BCUT2D eigenvalue weighted by atomic mass is 9.82. The van der Waals surface area contributed by atoms with Crippen molar-refractivity contribution in [2.24, 2.45) is 0 Å². The Morgan fingerprint density at radius 2 is 1.17 bits per heavy atom. The second-order valence-corrected chi connectivity index (χ2v) is 15.8. The third-order valence-electron chi connectivity index (χ3n) is 11.3. The van der Waals surface area contributed by atoms with Crippen molar-refractivity contribution in [1.29, 1.82) is 0 Å². The van der Waals surface area contributed by atoms with Crippen molar-refractivity contribution in [1.82, 2.24) is 4.57 Å². The van der Waals surface area contributed by atoms with Crippen LogP contribution in [0.2, 0.25) is 0 Å². The normalized spacial score (nSPS) is 14.0. The molecule has 1 aliphatic carbocycles. The van der Waals surface area contributed by atoms with Gasteiger partial charge in [0.25, 0.3) is 0 Å². The summed E-state index contributed by atoms with van der Waals surface area (Å²) in [6, 6.07) is 55.8. The van der Waals surface area contributed by atoms with Crippen molar-refractivity contribution < 1.29 is 0 Å². The van der Waals surface area contributed by atoms with Gasteiger partial charge >= 0.3 is 0 Å². The Morgan fingerprint density at radius 3 is 1.87 bits per heavy atom. The Bertz CT molecular complexity index is 2860. The van der Waals surface area contributed by atoms with Gasteiger partial charge in [0.2, 0.25) is 0 Å². The lowest BCUT2D eigenvalue weighted by molar-refractivity contribution is 0.661. The molecular formula is C51H38N2S. The number of nitrogens with zero attached hydrogens (tertiary/aromatic N) is 2. The summed E-state index contributed by atoms with van der Waals surface area (Å²) in [4.78, 5) is 4.71. The van der Waals surface area contributed by atoms with Gasteiger partial charge < -0.3 is 9.47 Å². The van der Waals surface area contributed by atoms with Gasteiger partial charge in [0.15, 0.2) is 0 Å². The molecule has 0 amide bonds. The van der Waals surface area contributed by atoms with Crippen LogP contribution in [0.5, 0.6) is 0 Å². The van der Waals surface area contributed by atoms with Crippen LogP contribution in [0.3, 0.4) is 0 Å². The predicted molar refractivity (Wildman–Crippen MR) is 230 cm³/mol. The monoisotopic (exact) mass is 710 g/mol. The molecule has 0 atom stereocenters. The maximum Gasteiger partial charge on any atom is 0.0602 e. The van der Waals surface area contributed by atoms with Gasteiger partial charge in [0.05, 0.1) is 22.4 Å². The van der Waals surface area contributed by atoms with Crippen LogP contribution in [0.15, 0.2) is 199 Å². The minimum Gasteiger partial charge on any atom is -0.309 e. The highest BCUT2D eigenvalue weighted by Crippen LogP contribution is 2.53. The van der Waals surface area contributed by atoms with E-state index in [0.29, 0.717) is 0 Å². The van der Waals surface area contributed by atoms with Crippen molar-refractivity contribution in [2.75, 3.05) is 4.90 Å². The van der Waals surface area contributed by atoms with Crippen LogP contribution < -0.4 is 4.90 Å². The fourth-order valence-electron chi connectivity index (χ4n) is 8.68. The van der Waals surface area contributed by atoms with Crippen molar-refractivity contribution in [3.8, 4) is 39.1 Å². The Morgan fingerprint density at radius 1 is 0.556 bits per heavy atom. The van der Waals surface area contributed by atoms with E-state index in [-0.39, 0.29) is 5.41 Å². The van der Waals surface area contributed by atoms with Crippen molar-refractivity contribution >= 4 is 44.9 Å². The third-order valence-corrected chi connectivity index (χ3v) is 12.4. The van der Waals surface area contributed by atoms with Gasteiger partial charge in [-0.3, -0.25) is 0 Å². The van der Waals surface area contributed by atoms with E-state index in [1.165, 1.54) is 81.8 Å². The molecule has 0 unspecified atom stereocenters. The summed E-state index contributed by atoms with van der Waals surface area (Å²) in [6.07, 6.45) is 5.78. The number of rotatable bonds is 6. The highest BCUT2D eigenvalue weighted by Gasteiger charge is 2.36. The van der Waals surface area contributed by atoms with Crippen molar-refractivity contribution in [3.05, 3.63) is 200 Å². The molecule has 7 aromatic carbocycles. The Kier molecular flexibility index (Phi) is 7.43. The van der Waals surface area contributed by atoms with E-state index < -0.39 is 0 Å². The van der Waals surface area contributed by atoms with Gasteiger partial charge in [-0.1, -0.05) is 136 Å². The van der Waals surface area contributed by atoms with Crippen molar-refractivity contribution in [2.45, 2.75) is 29.1 Å². The number of fused-ring (bicyclic) bond motifs is 8. The molecule has 0 bridgehead atoms. The molecule has 0 radical (unpaired) electrons. The summed E-state index contributed by atoms with van der Waals surface area (Å²) in [7, 11) is 0. The summed E-state index contributed by atoms with van der Waals surface area (Å²) in [5, 5.41) is 2.53. The van der Waals surface area contributed by atoms with E-state index >= 15 is 0 Å². The van der Waals surface area contributed by atoms with Crippen LogP contribution in [0.4, 0.5) is 11.4 Å². The van der Waals surface area contributed by atoms with Crippen LogP contribution in [0, 0.1) is 0 Å². The highest BCUT2D eigenvalue weighted by molar-refractivity contribution is 7.99. The van der Waals surface area contributed by atoms with Crippen LogP contribution in [0.25, 0.3) is 60.9 Å². The molecule has 1 aromatic heterocycles. The molecule has 54 heavy (non-hydrogen) atoms. The zero-order valence-electron chi connectivity index (χ0n) is 30.4. The summed E-state index contributed by atoms with van der Waals surface area (Å²) < 4.78 is 2.44. The second-order valence-electron chi connectivity index (χ2n) is 14.7. The first-order valence-electron chi connectivity index (χ1n) is 18.5. The van der Waals surface area contributed by atoms with Gasteiger partial charge in [-0.2, -0.15) is 0 Å². The smallest absolute Gasteiger partial charge is 0.0602 e. The van der Waals surface area contributed by atoms with E-state index in [4.69, 9.17) is 0 Å². The van der Waals surface area contributed by atoms with Gasteiger partial charge in [0.1, 0.15) is 0 Å². The predicted octanol–water partition coefficient (Wildman–Crippen LogP) is 14.3. The molecule has 1 aliphatic heterocycles. The minimum atomic E-state index is -0.0786. The quantitative estimate of drug-likeness (QED) is 0.159. The summed E-state index contributed by atoms with van der Waals surface area (Å²) in [5.74, 6) is 0. The summed E-state index contributed by atoms with van der Waals surface area (Å²) in [6.45, 7) is 12.9. The molecule has 3 heteroatoms. The number of allylic oxidation sites excluding steroid dienone is 3. The number of benzene rings is 7. The van der Waals surface area contributed by atoms with E-state index in [2.05, 4.69) is 188 Å². The molecular weight excluding hydrogens is 673 g/mol. The van der Waals surface area contributed by atoms with Crippen LogP contribution in [0.1, 0.15) is 25.0 Å². The fourth-order valence-corrected chi connectivity index (χ4v) is 9.82. The molecule has 2 heterocycles.